The van der Waals surface area contributed by atoms with E-state index < -0.39 is 0 Å². The molecule has 0 aliphatic carbocycles. The first kappa shape index (κ1) is 23.1. The molecule has 1 aromatic rings. The lowest BCUT2D eigenvalue weighted by Gasteiger charge is -2.12. The Morgan fingerprint density at radius 1 is 1.04 bits per heavy atom. The second kappa shape index (κ2) is 15.7. The minimum atomic E-state index is 0. The molecule has 0 amide bonds. The Balaban J connectivity index is 0.00000529. The quantitative estimate of drug-likeness (QED) is 0.236. The maximum absolute atomic E-state index is 5.54. The predicted octanol–water partition coefficient (Wildman–Crippen LogP) is 3.32. The Hall–Kier alpha value is -0.860. The zero-order chi connectivity index (χ0) is 16.8. The van der Waals surface area contributed by atoms with Crippen LogP contribution in [0.2, 0.25) is 0 Å². The molecule has 6 heteroatoms. The number of hydrogen-bond donors (Lipinski definition) is 2. The zero-order valence-electron chi connectivity index (χ0n) is 15.1. The van der Waals surface area contributed by atoms with Gasteiger partial charge in [-0.25, -0.2) is 0 Å². The van der Waals surface area contributed by atoms with Gasteiger partial charge in [0.1, 0.15) is 0 Å². The summed E-state index contributed by atoms with van der Waals surface area (Å²) in [6, 6.07) is 8.39. The monoisotopic (exact) mass is 449 g/mol. The van der Waals surface area contributed by atoms with Crippen molar-refractivity contribution in [3.63, 3.8) is 0 Å². The number of halogens is 1. The van der Waals surface area contributed by atoms with Gasteiger partial charge in [0.15, 0.2) is 5.96 Å². The molecular weight excluding hydrogens is 417 g/mol. The molecular formula is C18H32IN3O2. The van der Waals surface area contributed by atoms with Gasteiger partial charge in [0.25, 0.3) is 0 Å². The smallest absolute Gasteiger partial charge is 0.191 e. The highest BCUT2D eigenvalue weighted by molar-refractivity contribution is 14.0. The van der Waals surface area contributed by atoms with Gasteiger partial charge < -0.3 is 20.1 Å². The van der Waals surface area contributed by atoms with Gasteiger partial charge in [0.2, 0.25) is 0 Å². The molecule has 0 saturated carbocycles. The van der Waals surface area contributed by atoms with Gasteiger partial charge in [-0.1, -0.05) is 37.6 Å². The Labute approximate surface area is 163 Å². The number of hydrogen-bond acceptors (Lipinski definition) is 3. The number of methoxy groups -OCH3 is 1. The fraction of sp³-hybridized carbons (Fsp3) is 0.611. The molecule has 0 aliphatic heterocycles. The van der Waals surface area contributed by atoms with Crippen LogP contribution in [0.3, 0.4) is 0 Å². The second-order valence-corrected chi connectivity index (χ2v) is 5.42. The van der Waals surface area contributed by atoms with Crippen LogP contribution in [-0.2, 0) is 22.6 Å². The Kier molecular flexibility index (Phi) is 15.1. The third kappa shape index (κ3) is 10.8. The Bertz CT molecular complexity index is 438. The summed E-state index contributed by atoms with van der Waals surface area (Å²) in [6.45, 7) is 6.09. The lowest BCUT2D eigenvalue weighted by Crippen LogP contribution is -2.37. The van der Waals surface area contributed by atoms with Crippen LogP contribution in [0.1, 0.15) is 37.3 Å². The average Bonchev–Trinajstić information content (AvgIpc) is 2.58. The molecule has 5 nitrogen and oxygen atoms in total. The first-order chi connectivity index (χ1) is 11.3. The lowest BCUT2D eigenvalue weighted by atomic mass is 10.1. The summed E-state index contributed by atoms with van der Waals surface area (Å²) < 4.78 is 10.7. The second-order valence-electron chi connectivity index (χ2n) is 5.42. The van der Waals surface area contributed by atoms with Crippen molar-refractivity contribution in [1.82, 2.24) is 10.6 Å². The number of rotatable bonds is 11. The van der Waals surface area contributed by atoms with Gasteiger partial charge in [0.05, 0.1) is 6.61 Å². The standard InChI is InChI=1S/C18H31N3O2.HI/c1-4-5-12-23-13-6-11-20-18(19-2)21-14-16-7-9-17(10-8-16)15-22-3;/h7-10H,4-6,11-15H2,1-3H3,(H2,19,20,21);1H. The van der Waals surface area contributed by atoms with E-state index >= 15 is 0 Å². The summed E-state index contributed by atoms with van der Waals surface area (Å²) in [7, 11) is 3.49. The van der Waals surface area contributed by atoms with Crippen molar-refractivity contribution in [2.75, 3.05) is 33.9 Å². The summed E-state index contributed by atoms with van der Waals surface area (Å²) in [5.41, 5.74) is 2.40. The molecule has 0 atom stereocenters. The van der Waals surface area contributed by atoms with Gasteiger partial charge >= 0.3 is 0 Å². The largest absolute Gasteiger partial charge is 0.381 e. The molecule has 0 aromatic heterocycles. The van der Waals surface area contributed by atoms with Crippen LogP contribution in [0.25, 0.3) is 0 Å². The summed E-state index contributed by atoms with van der Waals surface area (Å²) in [4.78, 5) is 4.23. The summed E-state index contributed by atoms with van der Waals surface area (Å²) in [5.74, 6) is 0.819. The van der Waals surface area contributed by atoms with Crippen LogP contribution in [-0.4, -0.2) is 39.9 Å². The highest BCUT2D eigenvalue weighted by atomic mass is 127. The maximum Gasteiger partial charge on any atom is 0.191 e. The summed E-state index contributed by atoms with van der Waals surface area (Å²) in [6.07, 6.45) is 3.30. The third-order valence-electron chi connectivity index (χ3n) is 3.42. The van der Waals surface area contributed by atoms with Crippen molar-refractivity contribution < 1.29 is 9.47 Å². The molecule has 24 heavy (non-hydrogen) atoms. The van der Waals surface area contributed by atoms with Crippen LogP contribution in [0.5, 0.6) is 0 Å². The molecule has 0 unspecified atom stereocenters. The number of aliphatic imine (C=N–C) groups is 1. The number of nitrogens with zero attached hydrogens (tertiary/aromatic N) is 1. The highest BCUT2D eigenvalue weighted by Gasteiger charge is 1.99. The average molecular weight is 449 g/mol. The van der Waals surface area contributed by atoms with E-state index in [1.54, 1.807) is 14.2 Å². The van der Waals surface area contributed by atoms with Crippen LogP contribution in [0.15, 0.2) is 29.3 Å². The number of guanidine groups is 1. The Morgan fingerprint density at radius 3 is 2.33 bits per heavy atom. The van der Waals surface area contributed by atoms with Crippen LogP contribution in [0.4, 0.5) is 0 Å². The van der Waals surface area contributed by atoms with E-state index in [9.17, 15) is 0 Å². The topological polar surface area (TPSA) is 54.9 Å². The molecule has 0 spiro atoms. The molecule has 0 radical (unpaired) electrons. The normalized spacial score (nSPS) is 11.0. The van der Waals surface area contributed by atoms with E-state index in [4.69, 9.17) is 9.47 Å². The van der Waals surface area contributed by atoms with Crippen molar-refractivity contribution in [1.29, 1.82) is 0 Å². The number of ether oxygens (including phenoxy) is 2. The van der Waals surface area contributed by atoms with E-state index in [2.05, 4.69) is 46.8 Å². The maximum atomic E-state index is 5.54. The third-order valence-corrected chi connectivity index (χ3v) is 3.42. The van der Waals surface area contributed by atoms with Gasteiger partial charge in [-0.3, -0.25) is 4.99 Å². The van der Waals surface area contributed by atoms with Crippen molar-refractivity contribution in [3.05, 3.63) is 35.4 Å². The summed E-state index contributed by atoms with van der Waals surface area (Å²) >= 11 is 0. The molecule has 0 aliphatic rings. The molecule has 138 valence electrons. The fourth-order valence-electron chi connectivity index (χ4n) is 2.06. The Morgan fingerprint density at radius 2 is 1.71 bits per heavy atom. The molecule has 2 N–H and O–H groups in total. The fourth-order valence-corrected chi connectivity index (χ4v) is 2.06. The van der Waals surface area contributed by atoms with Crippen LogP contribution in [0, 0.1) is 0 Å². The first-order valence-electron chi connectivity index (χ1n) is 8.39. The highest BCUT2D eigenvalue weighted by Crippen LogP contribution is 2.05. The van der Waals surface area contributed by atoms with Crippen LogP contribution < -0.4 is 10.6 Å². The SMILES string of the molecule is CCCCOCCCNC(=NC)NCc1ccc(COC)cc1.I. The molecule has 0 heterocycles. The van der Waals surface area contributed by atoms with Gasteiger partial charge in [-0.15, -0.1) is 24.0 Å². The molecule has 1 aromatic carbocycles. The van der Waals surface area contributed by atoms with E-state index in [0.29, 0.717) is 6.61 Å². The lowest BCUT2D eigenvalue weighted by molar-refractivity contribution is 0.129. The van der Waals surface area contributed by atoms with Gasteiger partial charge in [-0.2, -0.15) is 0 Å². The molecule has 0 fully saturated rings. The van der Waals surface area contributed by atoms with E-state index in [0.717, 1.165) is 45.1 Å². The number of benzene rings is 1. The van der Waals surface area contributed by atoms with Crippen molar-refractivity contribution in [2.24, 2.45) is 4.99 Å². The van der Waals surface area contributed by atoms with Crippen molar-refractivity contribution in [3.8, 4) is 0 Å². The van der Waals surface area contributed by atoms with Gasteiger partial charge in [0, 0.05) is 40.5 Å². The minimum absolute atomic E-state index is 0. The number of unbranched alkanes of at least 4 members (excludes halogenated alkanes) is 1. The summed E-state index contributed by atoms with van der Waals surface area (Å²) in [5, 5.41) is 6.62. The van der Waals surface area contributed by atoms with Gasteiger partial charge in [-0.05, 0) is 24.0 Å². The molecule has 1 rings (SSSR count). The first-order valence-corrected chi connectivity index (χ1v) is 8.39. The van der Waals surface area contributed by atoms with Crippen molar-refractivity contribution >= 4 is 29.9 Å². The van der Waals surface area contributed by atoms with E-state index in [-0.39, 0.29) is 24.0 Å². The predicted molar refractivity (Wildman–Crippen MR) is 111 cm³/mol. The van der Waals surface area contributed by atoms with Crippen molar-refractivity contribution in [2.45, 2.75) is 39.3 Å². The molecule has 0 saturated heterocycles. The molecule has 0 bridgehead atoms. The van der Waals surface area contributed by atoms with Crippen LogP contribution >= 0.6 is 24.0 Å². The zero-order valence-corrected chi connectivity index (χ0v) is 17.5. The van der Waals surface area contributed by atoms with E-state index in [1.807, 2.05) is 0 Å². The van der Waals surface area contributed by atoms with E-state index in [1.165, 1.54) is 17.5 Å². The number of nitrogens with one attached hydrogen (secondary N) is 2. The minimum Gasteiger partial charge on any atom is -0.381 e.